The Labute approximate surface area is 138 Å². The van der Waals surface area contributed by atoms with E-state index in [-0.39, 0.29) is 18.3 Å². The minimum atomic E-state index is -0.349. The first-order chi connectivity index (χ1) is 11.7. The summed E-state index contributed by atoms with van der Waals surface area (Å²) in [6.07, 6.45) is 1.45. The first kappa shape index (κ1) is 15.7. The molecule has 1 amide bonds. The average Bonchev–Trinajstić information content (AvgIpc) is 3.11. The molecule has 0 aliphatic heterocycles. The molecule has 0 spiro atoms. The smallest absolute Gasteiger partial charge is 0.255 e. The summed E-state index contributed by atoms with van der Waals surface area (Å²) in [6, 6.07) is 13.6. The molecule has 0 atom stereocenters. The van der Waals surface area contributed by atoms with Gasteiger partial charge in [-0.15, -0.1) is 0 Å². The van der Waals surface area contributed by atoms with E-state index in [0.29, 0.717) is 22.6 Å². The van der Waals surface area contributed by atoms with Crippen LogP contribution in [0.4, 0.5) is 4.39 Å². The van der Waals surface area contributed by atoms with Crippen LogP contribution in [0.15, 0.2) is 54.7 Å². The molecule has 0 aliphatic rings. The molecule has 0 aliphatic carbocycles. The zero-order chi connectivity index (χ0) is 16.9. The van der Waals surface area contributed by atoms with E-state index in [2.05, 4.69) is 15.5 Å². The number of carbonyl (C=O) groups excluding carboxylic acids is 1. The topological polar surface area (TPSA) is 67.0 Å². The third kappa shape index (κ3) is 3.27. The summed E-state index contributed by atoms with van der Waals surface area (Å²) < 4.78 is 18.8. The lowest BCUT2D eigenvalue weighted by molar-refractivity contribution is 0.0951. The maximum Gasteiger partial charge on any atom is 0.255 e. The number of hydrogen-bond donors (Lipinski definition) is 2. The van der Waals surface area contributed by atoms with Crippen LogP contribution < -0.4 is 10.1 Å². The van der Waals surface area contributed by atoms with Crippen LogP contribution in [0, 0.1) is 5.82 Å². The van der Waals surface area contributed by atoms with Gasteiger partial charge < -0.3 is 10.1 Å². The summed E-state index contributed by atoms with van der Waals surface area (Å²) in [5.74, 6) is 0.00245. The van der Waals surface area contributed by atoms with Crippen LogP contribution in [-0.2, 0) is 6.54 Å². The van der Waals surface area contributed by atoms with Crippen LogP contribution in [-0.4, -0.2) is 23.2 Å². The van der Waals surface area contributed by atoms with Gasteiger partial charge in [0.25, 0.3) is 5.91 Å². The molecule has 3 aromatic rings. The van der Waals surface area contributed by atoms with Crippen LogP contribution >= 0.6 is 0 Å². The highest BCUT2D eigenvalue weighted by Crippen LogP contribution is 2.25. The number of amides is 1. The second kappa shape index (κ2) is 6.95. The normalized spacial score (nSPS) is 10.4. The van der Waals surface area contributed by atoms with Crippen molar-refractivity contribution in [3.8, 4) is 17.0 Å². The number of rotatable bonds is 5. The van der Waals surface area contributed by atoms with E-state index in [1.165, 1.54) is 12.3 Å². The van der Waals surface area contributed by atoms with Crippen molar-refractivity contribution < 1.29 is 13.9 Å². The number of aromatic nitrogens is 2. The van der Waals surface area contributed by atoms with Gasteiger partial charge in [0.05, 0.1) is 24.6 Å². The number of H-pyrrole nitrogens is 1. The number of nitrogens with one attached hydrogen (secondary N) is 2. The molecule has 0 bridgehead atoms. The van der Waals surface area contributed by atoms with Gasteiger partial charge in [-0.2, -0.15) is 5.10 Å². The van der Waals surface area contributed by atoms with E-state index in [1.807, 2.05) is 18.2 Å². The summed E-state index contributed by atoms with van der Waals surface area (Å²) in [5, 5.41) is 9.48. The third-order valence-electron chi connectivity index (χ3n) is 3.64. The van der Waals surface area contributed by atoms with Crippen molar-refractivity contribution in [2.24, 2.45) is 0 Å². The van der Waals surface area contributed by atoms with E-state index >= 15 is 0 Å². The standard InChI is InChI=1S/C18H16FN3O2/c1-24-14-7-4-6-12(9-14)17-15(11-21-22-17)18(23)20-10-13-5-2-3-8-16(13)19/h2-9,11H,10H2,1H3,(H,20,23)(H,21,22). The van der Waals surface area contributed by atoms with Gasteiger partial charge in [-0.25, -0.2) is 4.39 Å². The summed E-state index contributed by atoms with van der Waals surface area (Å²) in [5.41, 5.74) is 2.18. The van der Waals surface area contributed by atoms with Crippen LogP contribution in [0.3, 0.4) is 0 Å². The first-order valence-corrected chi connectivity index (χ1v) is 7.38. The fourth-order valence-corrected chi connectivity index (χ4v) is 2.37. The lowest BCUT2D eigenvalue weighted by Crippen LogP contribution is -2.23. The van der Waals surface area contributed by atoms with Crippen molar-refractivity contribution >= 4 is 5.91 Å². The summed E-state index contributed by atoms with van der Waals surface area (Å²) in [6.45, 7) is 0.105. The van der Waals surface area contributed by atoms with Gasteiger partial charge in [0.2, 0.25) is 0 Å². The largest absolute Gasteiger partial charge is 0.497 e. The molecule has 6 heteroatoms. The molecule has 122 valence electrons. The maximum absolute atomic E-state index is 13.6. The van der Waals surface area contributed by atoms with E-state index < -0.39 is 0 Å². The molecule has 1 heterocycles. The number of hydrogen-bond acceptors (Lipinski definition) is 3. The van der Waals surface area contributed by atoms with Crippen molar-refractivity contribution in [2.75, 3.05) is 7.11 Å². The molecule has 0 fully saturated rings. The Morgan fingerprint density at radius 3 is 2.88 bits per heavy atom. The molecule has 3 rings (SSSR count). The molecule has 0 saturated heterocycles. The van der Waals surface area contributed by atoms with Gasteiger partial charge in [0.15, 0.2) is 0 Å². The second-order valence-corrected chi connectivity index (χ2v) is 5.16. The molecule has 5 nitrogen and oxygen atoms in total. The van der Waals surface area contributed by atoms with E-state index in [9.17, 15) is 9.18 Å². The van der Waals surface area contributed by atoms with Gasteiger partial charge in [-0.3, -0.25) is 9.89 Å². The lowest BCUT2D eigenvalue weighted by Gasteiger charge is -2.08. The van der Waals surface area contributed by atoms with Gasteiger partial charge >= 0.3 is 0 Å². The van der Waals surface area contributed by atoms with Crippen LogP contribution in [0.25, 0.3) is 11.3 Å². The Kier molecular flexibility index (Phi) is 4.56. The Morgan fingerprint density at radius 2 is 2.08 bits per heavy atom. The Balaban J connectivity index is 1.79. The van der Waals surface area contributed by atoms with Crippen LogP contribution in [0.5, 0.6) is 5.75 Å². The van der Waals surface area contributed by atoms with E-state index in [0.717, 1.165) is 5.56 Å². The highest BCUT2D eigenvalue weighted by molar-refractivity contribution is 5.99. The van der Waals surface area contributed by atoms with Crippen molar-refractivity contribution in [3.63, 3.8) is 0 Å². The van der Waals surface area contributed by atoms with E-state index in [1.54, 1.807) is 31.4 Å². The Morgan fingerprint density at radius 1 is 1.25 bits per heavy atom. The fourth-order valence-electron chi connectivity index (χ4n) is 2.37. The fraction of sp³-hybridized carbons (Fsp3) is 0.111. The number of nitrogens with zero attached hydrogens (tertiary/aromatic N) is 1. The number of benzene rings is 2. The lowest BCUT2D eigenvalue weighted by atomic mass is 10.1. The molecule has 1 aromatic heterocycles. The maximum atomic E-state index is 13.6. The SMILES string of the molecule is COc1cccc(-c2[nH]ncc2C(=O)NCc2ccccc2F)c1. The number of halogens is 1. The molecular weight excluding hydrogens is 309 g/mol. The number of carbonyl (C=O) groups is 1. The molecular formula is C18H16FN3O2. The number of aromatic amines is 1. The minimum Gasteiger partial charge on any atom is -0.497 e. The quantitative estimate of drug-likeness (QED) is 0.757. The van der Waals surface area contributed by atoms with Gasteiger partial charge in [-0.05, 0) is 18.2 Å². The minimum absolute atomic E-state index is 0.105. The summed E-state index contributed by atoms with van der Waals surface area (Å²) in [4.78, 5) is 12.4. The van der Waals surface area contributed by atoms with Crippen LogP contribution in [0.1, 0.15) is 15.9 Å². The predicted octanol–water partition coefficient (Wildman–Crippen LogP) is 3.15. The average molecular weight is 325 g/mol. The van der Waals surface area contributed by atoms with Gasteiger partial charge in [0.1, 0.15) is 11.6 Å². The summed E-state index contributed by atoms with van der Waals surface area (Å²) in [7, 11) is 1.58. The molecule has 24 heavy (non-hydrogen) atoms. The summed E-state index contributed by atoms with van der Waals surface area (Å²) >= 11 is 0. The third-order valence-corrected chi connectivity index (χ3v) is 3.64. The first-order valence-electron chi connectivity index (χ1n) is 7.38. The Hall–Kier alpha value is -3.15. The monoisotopic (exact) mass is 325 g/mol. The van der Waals surface area contributed by atoms with E-state index in [4.69, 9.17) is 4.74 Å². The second-order valence-electron chi connectivity index (χ2n) is 5.16. The number of methoxy groups -OCH3 is 1. The molecule has 0 radical (unpaired) electrons. The van der Waals surface area contributed by atoms with Gasteiger partial charge in [-0.1, -0.05) is 30.3 Å². The van der Waals surface area contributed by atoms with Crippen molar-refractivity contribution in [1.82, 2.24) is 15.5 Å². The van der Waals surface area contributed by atoms with Crippen molar-refractivity contribution in [1.29, 1.82) is 0 Å². The molecule has 2 N–H and O–H groups in total. The predicted molar refractivity (Wildman–Crippen MR) is 88.1 cm³/mol. The highest BCUT2D eigenvalue weighted by atomic mass is 19.1. The van der Waals surface area contributed by atoms with Crippen LogP contribution in [0.2, 0.25) is 0 Å². The molecule has 0 unspecified atom stereocenters. The molecule has 0 saturated carbocycles. The van der Waals surface area contributed by atoms with Crippen molar-refractivity contribution in [2.45, 2.75) is 6.54 Å². The molecule has 2 aromatic carbocycles. The zero-order valence-corrected chi connectivity index (χ0v) is 13.0. The highest BCUT2D eigenvalue weighted by Gasteiger charge is 2.16. The van der Waals surface area contributed by atoms with Crippen molar-refractivity contribution in [3.05, 3.63) is 71.7 Å². The number of ether oxygens (including phenoxy) is 1. The zero-order valence-electron chi connectivity index (χ0n) is 13.0. The Bertz CT molecular complexity index is 861. The van der Waals surface area contributed by atoms with Gasteiger partial charge in [0, 0.05) is 17.7 Å².